The van der Waals surface area contributed by atoms with E-state index in [1.165, 1.54) is 0 Å². The zero-order chi connectivity index (χ0) is 19.2. The molecule has 27 heavy (non-hydrogen) atoms. The van der Waals surface area contributed by atoms with Crippen molar-refractivity contribution in [1.29, 1.82) is 0 Å². The van der Waals surface area contributed by atoms with Crippen LogP contribution in [0.4, 0.5) is 0 Å². The lowest BCUT2D eigenvalue weighted by Crippen LogP contribution is -2.34. The molecule has 0 aliphatic carbocycles. The maximum absolute atomic E-state index is 12.8. The summed E-state index contributed by atoms with van der Waals surface area (Å²) in [5.41, 5.74) is 8.16. The number of nitrogens with one attached hydrogen (secondary N) is 3. The summed E-state index contributed by atoms with van der Waals surface area (Å²) in [4.78, 5) is 12.8. The van der Waals surface area contributed by atoms with Crippen LogP contribution in [0, 0.1) is 5.92 Å². The van der Waals surface area contributed by atoms with Gasteiger partial charge < -0.3 is 19.5 Å². The highest BCUT2D eigenvalue weighted by molar-refractivity contribution is 5.80. The van der Waals surface area contributed by atoms with Crippen molar-refractivity contribution in [1.82, 2.24) is 16.2 Å². The molecule has 144 valence electrons. The number of carbonyl (C=O) groups is 1. The minimum Gasteiger partial charge on any atom is -0.496 e. The molecule has 1 aliphatic heterocycles. The molecule has 2 aromatic rings. The summed E-state index contributed by atoms with van der Waals surface area (Å²) in [7, 11) is 4.73. The van der Waals surface area contributed by atoms with E-state index < -0.39 is 0 Å². The van der Waals surface area contributed by atoms with Crippen molar-refractivity contribution in [3.63, 3.8) is 0 Å². The topological polar surface area (TPSA) is 80.8 Å². The number of hydrogen-bond acceptors (Lipinski definition) is 6. The van der Waals surface area contributed by atoms with Crippen molar-refractivity contribution in [2.45, 2.75) is 12.6 Å². The number of amides is 1. The fourth-order valence-electron chi connectivity index (χ4n) is 3.26. The smallest absolute Gasteiger partial charge is 0.226 e. The Morgan fingerprint density at radius 3 is 2.37 bits per heavy atom. The SMILES string of the molecule is COc1cc(OC)c(OC)cc1CNC(=O)C1CNNC1c1ccccc1. The first kappa shape index (κ1) is 19.0. The summed E-state index contributed by atoms with van der Waals surface area (Å²) in [6.45, 7) is 0.898. The van der Waals surface area contributed by atoms with Crippen molar-refractivity contribution in [2.24, 2.45) is 5.92 Å². The van der Waals surface area contributed by atoms with E-state index in [1.54, 1.807) is 27.4 Å². The lowest BCUT2D eigenvalue weighted by atomic mass is 9.94. The van der Waals surface area contributed by atoms with Crippen LogP contribution in [0.5, 0.6) is 17.2 Å². The molecule has 0 aromatic heterocycles. The van der Waals surface area contributed by atoms with Crippen LogP contribution in [0.3, 0.4) is 0 Å². The predicted molar refractivity (Wildman–Crippen MR) is 102 cm³/mol. The highest BCUT2D eigenvalue weighted by atomic mass is 16.5. The largest absolute Gasteiger partial charge is 0.496 e. The summed E-state index contributed by atoms with van der Waals surface area (Å²) < 4.78 is 16.1. The van der Waals surface area contributed by atoms with Crippen LogP contribution < -0.4 is 30.4 Å². The lowest BCUT2D eigenvalue weighted by Gasteiger charge is -2.19. The summed E-state index contributed by atoms with van der Waals surface area (Å²) in [6, 6.07) is 13.4. The van der Waals surface area contributed by atoms with Crippen LogP contribution >= 0.6 is 0 Å². The van der Waals surface area contributed by atoms with Crippen LogP contribution in [-0.2, 0) is 11.3 Å². The van der Waals surface area contributed by atoms with E-state index in [2.05, 4.69) is 16.2 Å². The monoisotopic (exact) mass is 371 g/mol. The number of methoxy groups -OCH3 is 3. The molecular formula is C20H25N3O4. The van der Waals surface area contributed by atoms with Gasteiger partial charge in [-0.25, -0.2) is 5.43 Å². The Morgan fingerprint density at radius 2 is 1.70 bits per heavy atom. The van der Waals surface area contributed by atoms with Crippen LogP contribution in [-0.4, -0.2) is 33.8 Å². The zero-order valence-corrected chi connectivity index (χ0v) is 15.7. The van der Waals surface area contributed by atoms with Crippen molar-refractivity contribution >= 4 is 5.91 Å². The predicted octanol–water partition coefficient (Wildman–Crippen LogP) is 1.79. The molecule has 0 bridgehead atoms. The minimum atomic E-state index is -0.210. The van der Waals surface area contributed by atoms with E-state index in [0.717, 1.165) is 11.1 Å². The van der Waals surface area contributed by atoms with Crippen LogP contribution in [0.25, 0.3) is 0 Å². The maximum atomic E-state index is 12.8. The Morgan fingerprint density at radius 1 is 1.04 bits per heavy atom. The number of benzene rings is 2. The van der Waals surface area contributed by atoms with Crippen molar-refractivity contribution in [3.05, 3.63) is 53.6 Å². The van der Waals surface area contributed by atoms with Gasteiger partial charge in [0, 0.05) is 24.7 Å². The first-order valence-electron chi connectivity index (χ1n) is 8.77. The van der Waals surface area contributed by atoms with Crippen molar-refractivity contribution in [2.75, 3.05) is 27.9 Å². The Kier molecular flexibility index (Phi) is 6.16. The van der Waals surface area contributed by atoms with E-state index in [1.807, 2.05) is 36.4 Å². The number of rotatable bonds is 7. The summed E-state index contributed by atoms with van der Waals surface area (Å²) >= 11 is 0. The second kappa shape index (κ2) is 8.75. The summed E-state index contributed by atoms with van der Waals surface area (Å²) in [5.74, 6) is 1.57. The number of hydrogen-bond donors (Lipinski definition) is 3. The van der Waals surface area contributed by atoms with E-state index in [-0.39, 0.29) is 17.9 Å². The maximum Gasteiger partial charge on any atom is 0.226 e. The van der Waals surface area contributed by atoms with Gasteiger partial charge in [-0.05, 0) is 11.6 Å². The van der Waals surface area contributed by atoms with E-state index >= 15 is 0 Å². The van der Waals surface area contributed by atoms with Gasteiger partial charge in [-0.15, -0.1) is 0 Å². The molecular weight excluding hydrogens is 346 g/mol. The molecule has 1 aliphatic rings. The molecule has 7 nitrogen and oxygen atoms in total. The van der Waals surface area contributed by atoms with Gasteiger partial charge in [-0.3, -0.25) is 10.2 Å². The third kappa shape index (κ3) is 4.15. The average molecular weight is 371 g/mol. The molecule has 2 unspecified atom stereocenters. The van der Waals surface area contributed by atoms with Gasteiger partial charge in [-0.2, -0.15) is 0 Å². The molecule has 7 heteroatoms. The zero-order valence-electron chi connectivity index (χ0n) is 15.7. The van der Waals surface area contributed by atoms with Gasteiger partial charge in [0.1, 0.15) is 5.75 Å². The highest BCUT2D eigenvalue weighted by Crippen LogP contribution is 2.34. The fraction of sp³-hybridized carbons (Fsp3) is 0.350. The van der Waals surface area contributed by atoms with Gasteiger partial charge in [0.05, 0.1) is 33.3 Å². The van der Waals surface area contributed by atoms with E-state index in [9.17, 15) is 4.79 Å². The van der Waals surface area contributed by atoms with E-state index in [0.29, 0.717) is 30.3 Å². The fourth-order valence-corrected chi connectivity index (χ4v) is 3.26. The highest BCUT2D eigenvalue weighted by Gasteiger charge is 2.33. The van der Waals surface area contributed by atoms with Gasteiger partial charge in [0.2, 0.25) is 5.91 Å². The van der Waals surface area contributed by atoms with E-state index in [4.69, 9.17) is 14.2 Å². The summed E-state index contributed by atoms with van der Waals surface area (Å²) in [5, 5.41) is 3.01. The molecule has 3 N–H and O–H groups in total. The van der Waals surface area contributed by atoms with Crippen molar-refractivity contribution in [3.8, 4) is 17.2 Å². The van der Waals surface area contributed by atoms with Crippen molar-refractivity contribution < 1.29 is 19.0 Å². The Labute approximate surface area is 159 Å². The number of carbonyl (C=O) groups excluding carboxylic acids is 1. The normalized spacial score (nSPS) is 18.8. The van der Waals surface area contributed by atoms with Gasteiger partial charge in [0.25, 0.3) is 0 Å². The van der Waals surface area contributed by atoms with Gasteiger partial charge >= 0.3 is 0 Å². The molecule has 2 aromatic carbocycles. The quantitative estimate of drug-likeness (QED) is 0.689. The molecule has 1 fully saturated rings. The molecule has 2 atom stereocenters. The summed E-state index contributed by atoms with van der Waals surface area (Å²) in [6.07, 6.45) is 0. The number of ether oxygens (including phenoxy) is 3. The third-order valence-corrected chi connectivity index (χ3v) is 4.72. The standard InChI is InChI=1S/C20H25N3O4/c1-25-16-10-18(27-3)17(26-2)9-14(16)11-21-20(24)15-12-22-23-19(15)13-7-5-4-6-8-13/h4-10,15,19,22-23H,11-12H2,1-3H3,(H,21,24). The second-order valence-electron chi connectivity index (χ2n) is 6.26. The Hall–Kier alpha value is -2.77. The molecule has 1 heterocycles. The molecule has 0 spiro atoms. The average Bonchev–Trinajstić information content (AvgIpc) is 3.22. The van der Waals surface area contributed by atoms with Crippen LogP contribution in [0.1, 0.15) is 17.2 Å². The third-order valence-electron chi connectivity index (χ3n) is 4.72. The molecule has 1 amide bonds. The van der Waals surface area contributed by atoms with Crippen LogP contribution in [0.2, 0.25) is 0 Å². The van der Waals surface area contributed by atoms with Gasteiger partial charge in [0.15, 0.2) is 11.5 Å². The Bertz CT molecular complexity index is 782. The molecule has 3 rings (SSSR count). The first-order valence-corrected chi connectivity index (χ1v) is 8.77. The second-order valence-corrected chi connectivity index (χ2v) is 6.26. The number of hydrazine groups is 1. The molecule has 1 saturated heterocycles. The lowest BCUT2D eigenvalue weighted by molar-refractivity contribution is -0.125. The Balaban J connectivity index is 1.72. The van der Waals surface area contributed by atoms with Gasteiger partial charge in [-0.1, -0.05) is 30.3 Å². The molecule has 0 saturated carbocycles. The first-order chi connectivity index (χ1) is 13.2. The van der Waals surface area contributed by atoms with Crippen LogP contribution in [0.15, 0.2) is 42.5 Å². The molecule has 0 radical (unpaired) electrons. The minimum absolute atomic E-state index is 0.0295.